The van der Waals surface area contributed by atoms with Crippen LogP contribution in [0.4, 0.5) is 5.82 Å². The Bertz CT molecular complexity index is 1270. The van der Waals surface area contributed by atoms with Crippen LogP contribution in [0.15, 0.2) is 38.9 Å². The van der Waals surface area contributed by atoms with Crippen LogP contribution < -0.4 is 22.7 Å². The van der Waals surface area contributed by atoms with Crippen molar-refractivity contribution in [1.82, 2.24) is 19.1 Å². The Kier molecular flexibility index (Phi) is 8.99. The monoisotopic (exact) mass is 537 g/mol. The molecule has 13 nitrogen and oxygen atoms in total. The number of ether oxygens (including phenoxy) is 2. The van der Waals surface area contributed by atoms with E-state index in [1.807, 2.05) is 0 Å². The Labute approximate surface area is 219 Å². The molecule has 2 aromatic heterocycles. The lowest BCUT2D eigenvalue weighted by molar-refractivity contribution is -0.150. The summed E-state index contributed by atoms with van der Waals surface area (Å²) in [6, 6.07) is 2.79. The topological polar surface area (TPSA) is 195 Å². The lowest BCUT2D eigenvalue weighted by Crippen LogP contribution is -2.47. The minimum Gasteiger partial charge on any atom is -0.393 e. The van der Waals surface area contributed by atoms with Gasteiger partial charge in [0.05, 0.1) is 24.9 Å². The second kappa shape index (κ2) is 11.5. The van der Waals surface area contributed by atoms with E-state index in [4.69, 9.17) is 15.2 Å². The van der Waals surface area contributed by atoms with Gasteiger partial charge in [0, 0.05) is 30.3 Å². The summed E-state index contributed by atoms with van der Waals surface area (Å²) in [6.45, 7) is 9.06. The van der Waals surface area contributed by atoms with Gasteiger partial charge in [-0.15, -0.1) is 0 Å². The van der Waals surface area contributed by atoms with Gasteiger partial charge < -0.3 is 30.5 Å². The molecular formula is C25H39N5O8. The molecule has 6 atom stereocenters. The number of nitrogens with one attached hydrogen (secondary N) is 1. The maximum absolute atomic E-state index is 11.9. The largest absolute Gasteiger partial charge is 0.393 e. The number of nitrogens with zero attached hydrogens (tertiary/aromatic N) is 3. The fraction of sp³-hybridized carbons (Fsp3) is 0.680. The SMILES string of the molecule is CC1C(n2ccc(N)nc2=O)OC(CO)(CO)C1O.CCC1(CC)OC(n2ccc(=O)[nH]c2=O)C(C)C1C. The van der Waals surface area contributed by atoms with Crippen molar-refractivity contribution in [2.24, 2.45) is 17.8 Å². The molecular weight excluding hydrogens is 498 g/mol. The normalized spacial score (nSPS) is 29.6. The summed E-state index contributed by atoms with van der Waals surface area (Å²) in [5.41, 5.74) is 2.34. The van der Waals surface area contributed by atoms with Gasteiger partial charge in [-0.25, -0.2) is 9.59 Å². The Balaban J connectivity index is 0.000000211. The van der Waals surface area contributed by atoms with Crippen LogP contribution in [0.2, 0.25) is 0 Å². The van der Waals surface area contributed by atoms with Crippen molar-refractivity contribution in [3.05, 3.63) is 55.8 Å². The van der Waals surface area contributed by atoms with Gasteiger partial charge in [0.15, 0.2) is 0 Å². The van der Waals surface area contributed by atoms with Gasteiger partial charge in [-0.2, -0.15) is 4.98 Å². The van der Waals surface area contributed by atoms with Crippen molar-refractivity contribution in [3.63, 3.8) is 0 Å². The third-order valence-electron chi connectivity index (χ3n) is 8.25. The first-order valence-corrected chi connectivity index (χ1v) is 12.8. The first-order valence-electron chi connectivity index (χ1n) is 12.8. The predicted octanol–water partition coefficient (Wildman–Crippen LogP) is -0.0289. The lowest BCUT2D eigenvalue weighted by atomic mass is 9.79. The van der Waals surface area contributed by atoms with Crippen LogP contribution in [0.3, 0.4) is 0 Å². The van der Waals surface area contributed by atoms with E-state index in [-0.39, 0.29) is 29.1 Å². The number of aromatic amines is 1. The third-order valence-corrected chi connectivity index (χ3v) is 8.25. The Hall–Kier alpha value is -2.84. The minimum absolute atomic E-state index is 0.0861. The highest BCUT2D eigenvalue weighted by Gasteiger charge is 2.53. The van der Waals surface area contributed by atoms with E-state index >= 15 is 0 Å². The number of anilines is 1. The Morgan fingerprint density at radius 1 is 0.947 bits per heavy atom. The zero-order valence-corrected chi connectivity index (χ0v) is 22.4. The molecule has 6 N–H and O–H groups in total. The van der Waals surface area contributed by atoms with Gasteiger partial charge in [0.2, 0.25) is 0 Å². The number of aliphatic hydroxyl groups is 3. The molecule has 2 aromatic rings. The van der Waals surface area contributed by atoms with Crippen LogP contribution in [0.5, 0.6) is 0 Å². The highest BCUT2D eigenvalue weighted by atomic mass is 16.6. The highest BCUT2D eigenvalue weighted by molar-refractivity contribution is 5.23. The number of H-pyrrole nitrogens is 1. The highest BCUT2D eigenvalue weighted by Crippen LogP contribution is 2.48. The second-order valence-electron chi connectivity index (χ2n) is 10.2. The number of rotatable bonds is 6. The molecule has 4 rings (SSSR count). The summed E-state index contributed by atoms with van der Waals surface area (Å²) >= 11 is 0. The number of nitrogen functional groups attached to an aromatic ring is 1. The molecule has 0 aliphatic carbocycles. The summed E-state index contributed by atoms with van der Waals surface area (Å²) in [7, 11) is 0. The molecule has 2 aliphatic heterocycles. The van der Waals surface area contributed by atoms with Crippen LogP contribution >= 0.6 is 0 Å². The molecule has 0 bridgehead atoms. The van der Waals surface area contributed by atoms with Gasteiger partial charge in [-0.05, 0) is 24.8 Å². The third kappa shape index (κ3) is 5.21. The van der Waals surface area contributed by atoms with Gasteiger partial charge >= 0.3 is 11.4 Å². The van der Waals surface area contributed by atoms with Crippen LogP contribution in [-0.2, 0) is 9.47 Å². The summed E-state index contributed by atoms with van der Waals surface area (Å²) < 4.78 is 14.4. The molecule has 13 heteroatoms. The maximum Gasteiger partial charge on any atom is 0.351 e. The first-order chi connectivity index (χ1) is 17.9. The summed E-state index contributed by atoms with van der Waals surface area (Å²) in [5.74, 6) is 0.181. The molecule has 38 heavy (non-hydrogen) atoms. The van der Waals surface area contributed by atoms with Crippen LogP contribution in [0.25, 0.3) is 0 Å². The van der Waals surface area contributed by atoms with Crippen molar-refractivity contribution in [2.75, 3.05) is 18.9 Å². The van der Waals surface area contributed by atoms with Gasteiger partial charge in [0.1, 0.15) is 23.9 Å². The van der Waals surface area contributed by atoms with E-state index in [0.29, 0.717) is 5.92 Å². The summed E-state index contributed by atoms with van der Waals surface area (Å²) in [5, 5.41) is 28.7. The molecule has 0 saturated carbocycles. The van der Waals surface area contributed by atoms with Crippen LogP contribution in [-0.4, -0.2) is 64.9 Å². The summed E-state index contributed by atoms with van der Waals surface area (Å²) in [6.07, 6.45) is 2.54. The lowest BCUT2D eigenvalue weighted by Gasteiger charge is -2.31. The molecule has 2 aliphatic rings. The number of aromatic nitrogens is 4. The van der Waals surface area contributed by atoms with Gasteiger partial charge in [0.25, 0.3) is 5.56 Å². The molecule has 0 amide bonds. The molecule has 212 valence electrons. The van der Waals surface area contributed by atoms with E-state index < -0.39 is 48.4 Å². The average Bonchev–Trinajstić information content (AvgIpc) is 3.30. The first kappa shape index (κ1) is 29.7. The molecule has 2 fully saturated rings. The Morgan fingerprint density at radius 3 is 1.97 bits per heavy atom. The number of hydrogen-bond donors (Lipinski definition) is 5. The molecule has 2 saturated heterocycles. The minimum atomic E-state index is -1.48. The van der Waals surface area contributed by atoms with E-state index in [2.05, 4.69) is 37.7 Å². The number of hydrogen-bond acceptors (Lipinski definition) is 10. The predicted molar refractivity (Wildman–Crippen MR) is 138 cm³/mol. The van der Waals surface area contributed by atoms with E-state index in [1.165, 1.54) is 33.7 Å². The van der Waals surface area contributed by atoms with Crippen molar-refractivity contribution in [1.29, 1.82) is 0 Å². The standard InChI is InChI=1S/C14H22N2O3.C11H17N3O5/c1-5-14(6-2)10(4)9(3)12(19-14)16-8-7-11(17)15-13(16)18;1-6-8(17)11(4-15,5-16)19-9(6)14-3-2-7(12)13-10(14)18/h7-10,12H,5-6H2,1-4H3,(H,15,17,18);2-3,6,8-9,15-17H,4-5H2,1H3,(H2,12,13,18). The van der Waals surface area contributed by atoms with Gasteiger partial charge in [-0.3, -0.25) is 18.9 Å². The van der Waals surface area contributed by atoms with Crippen LogP contribution in [0, 0.1) is 17.8 Å². The molecule has 4 heterocycles. The second-order valence-corrected chi connectivity index (χ2v) is 10.2. The fourth-order valence-electron chi connectivity index (χ4n) is 5.47. The van der Waals surface area contributed by atoms with Gasteiger partial charge in [-0.1, -0.05) is 34.6 Å². The quantitative estimate of drug-likeness (QED) is 0.334. The molecule has 6 unspecified atom stereocenters. The number of nitrogens with two attached hydrogens (primary N) is 1. The summed E-state index contributed by atoms with van der Waals surface area (Å²) in [4.78, 5) is 40.6. The van der Waals surface area contributed by atoms with Crippen LogP contribution in [0.1, 0.15) is 59.9 Å². The zero-order chi connectivity index (χ0) is 28.4. The van der Waals surface area contributed by atoms with E-state index in [0.717, 1.165) is 12.8 Å². The smallest absolute Gasteiger partial charge is 0.351 e. The number of aliphatic hydroxyl groups excluding tert-OH is 3. The average molecular weight is 538 g/mol. The maximum atomic E-state index is 11.9. The van der Waals surface area contributed by atoms with Crippen molar-refractivity contribution in [2.45, 2.75) is 77.2 Å². The molecule has 0 spiro atoms. The van der Waals surface area contributed by atoms with Crippen molar-refractivity contribution in [3.8, 4) is 0 Å². The fourth-order valence-corrected chi connectivity index (χ4v) is 5.47. The van der Waals surface area contributed by atoms with Crippen molar-refractivity contribution < 1.29 is 24.8 Å². The molecule has 0 aromatic carbocycles. The van der Waals surface area contributed by atoms with Crippen molar-refractivity contribution >= 4 is 5.82 Å². The molecule has 0 radical (unpaired) electrons. The van der Waals surface area contributed by atoms with E-state index in [1.54, 1.807) is 6.92 Å². The van der Waals surface area contributed by atoms with E-state index in [9.17, 15) is 29.7 Å². The zero-order valence-electron chi connectivity index (χ0n) is 22.4. The Morgan fingerprint density at radius 2 is 1.50 bits per heavy atom.